The summed E-state index contributed by atoms with van der Waals surface area (Å²) in [6.45, 7) is 3.89. The molecule has 1 aromatic heterocycles. The molecular weight excluding hydrogens is 360 g/mol. The number of likely N-dealkylation sites (tertiary alicyclic amines) is 1. The highest BCUT2D eigenvalue weighted by atomic mass is 16.5. The molecule has 2 aliphatic heterocycles. The number of rotatable bonds is 5. The zero-order valence-electron chi connectivity index (χ0n) is 15.4. The van der Waals surface area contributed by atoms with Crippen molar-refractivity contribution in [2.75, 3.05) is 39.4 Å². The fourth-order valence-corrected chi connectivity index (χ4v) is 3.68. The van der Waals surface area contributed by atoms with Crippen LogP contribution in [0.2, 0.25) is 0 Å². The molecule has 0 spiro atoms. The first-order valence-electron chi connectivity index (χ1n) is 9.34. The molecule has 2 fully saturated rings. The lowest BCUT2D eigenvalue weighted by atomic mass is 9.99. The van der Waals surface area contributed by atoms with Crippen LogP contribution in [0.3, 0.4) is 0 Å². The topological polar surface area (TPSA) is 83.2 Å². The quantitative estimate of drug-likeness (QED) is 0.484. The van der Waals surface area contributed by atoms with Crippen LogP contribution in [0.5, 0.6) is 0 Å². The van der Waals surface area contributed by atoms with Crippen molar-refractivity contribution in [1.82, 2.24) is 9.80 Å². The fourth-order valence-electron chi connectivity index (χ4n) is 3.68. The number of benzene rings is 1. The Morgan fingerprint density at radius 2 is 1.79 bits per heavy atom. The molecule has 2 saturated heterocycles. The maximum atomic E-state index is 12.8. The summed E-state index contributed by atoms with van der Waals surface area (Å²) < 4.78 is 10.9. The number of aliphatic hydroxyl groups is 1. The summed E-state index contributed by atoms with van der Waals surface area (Å²) in [5.74, 6) is -1.04. The zero-order valence-corrected chi connectivity index (χ0v) is 15.4. The summed E-state index contributed by atoms with van der Waals surface area (Å²) in [6.07, 6.45) is 1.50. The minimum absolute atomic E-state index is 0.0631. The Balaban J connectivity index is 1.68. The standard InChI is InChI=1S/C21H22N2O5/c24-19(15-5-2-1-3-6-15)17-18(16-7-4-12-28-16)23(21(26)20(17)25)9-8-22-10-13-27-14-11-22/h1-7,12,18,24H,8-11,13-14H2/b19-17+/t18-/m1/s1. The van der Waals surface area contributed by atoms with E-state index in [4.69, 9.17) is 9.15 Å². The molecule has 0 radical (unpaired) electrons. The van der Waals surface area contributed by atoms with Gasteiger partial charge in [0.05, 0.1) is 25.1 Å². The van der Waals surface area contributed by atoms with Crippen molar-refractivity contribution < 1.29 is 23.8 Å². The molecule has 0 unspecified atom stereocenters. The summed E-state index contributed by atoms with van der Waals surface area (Å²) in [5, 5.41) is 10.8. The van der Waals surface area contributed by atoms with Crippen molar-refractivity contribution in [3.8, 4) is 0 Å². The molecule has 0 aliphatic carbocycles. The summed E-state index contributed by atoms with van der Waals surface area (Å²) in [7, 11) is 0. The van der Waals surface area contributed by atoms with Gasteiger partial charge in [-0.2, -0.15) is 0 Å². The highest BCUT2D eigenvalue weighted by Gasteiger charge is 2.47. The number of carbonyl (C=O) groups excluding carboxylic acids is 2. The fraction of sp³-hybridized carbons (Fsp3) is 0.333. The minimum Gasteiger partial charge on any atom is -0.507 e. The zero-order chi connectivity index (χ0) is 19.5. The molecule has 28 heavy (non-hydrogen) atoms. The SMILES string of the molecule is O=C1C(=O)N(CCN2CCOCC2)[C@H](c2ccco2)/C1=C(\O)c1ccccc1. The average Bonchev–Trinajstić information content (AvgIpc) is 3.35. The number of carbonyl (C=O) groups is 2. The second kappa shape index (κ2) is 8.00. The van der Waals surface area contributed by atoms with E-state index in [9.17, 15) is 14.7 Å². The van der Waals surface area contributed by atoms with Crippen molar-refractivity contribution in [2.45, 2.75) is 6.04 Å². The second-order valence-electron chi connectivity index (χ2n) is 6.83. The highest BCUT2D eigenvalue weighted by molar-refractivity contribution is 6.46. The lowest BCUT2D eigenvalue weighted by molar-refractivity contribution is -0.140. The van der Waals surface area contributed by atoms with Crippen molar-refractivity contribution in [3.05, 3.63) is 65.6 Å². The van der Waals surface area contributed by atoms with Gasteiger partial charge in [-0.15, -0.1) is 0 Å². The molecule has 1 atom stereocenters. The molecule has 146 valence electrons. The molecule has 1 aromatic carbocycles. The third-order valence-electron chi connectivity index (χ3n) is 5.16. The number of hydrogen-bond acceptors (Lipinski definition) is 6. The third kappa shape index (κ3) is 3.46. The Hall–Kier alpha value is -2.90. The van der Waals surface area contributed by atoms with Crippen molar-refractivity contribution in [1.29, 1.82) is 0 Å². The van der Waals surface area contributed by atoms with Crippen molar-refractivity contribution >= 4 is 17.4 Å². The van der Waals surface area contributed by atoms with Crippen LogP contribution >= 0.6 is 0 Å². The van der Waals surface area contributed by atoms with E-state index in [2.05, 4.69) is 4.90 Å². The van der Waals surface area contributed by atoms with Gasteiger partial charge < -0.3 is 19.2 Å². The van der Waals surface area contributed by atoms with Gasteiger partial charge in [-0.25, -0.2) is 0 Å². The van der Waals surface area contributed by atoms with Gasteiger partial charge in [0.15, 0.2) is 0 Å². The van der Waals surface area contributed by atoms with Gasteiger partial charge in [-0.3, -0.25) is 14.5 Å². The van der Waals surface area contributed by atoms with Gasteiger partial charge in [0.25, 0.3) is 11.7 Å². The Morgan fingerprint density at radius 3 is 2.46 bits per heavy atom. The summed E-state index contributed by atoms with van der Waals surface area (Å²) in [6, 6.07) is 11.5. The minimum atomic E-state index is -0.740. The van der Waals surface area contributed by atoms with Crippen LogP contribution in [0, 0.1) is 0 Å². The van der Waals surface area contributed by atoms with Gasteiger partial charge >= 0.3 is 0 Å². The number of amides is 1. The van der Waals surface area contributed by atoms with Crippen LogP contribution in [0.15, 0.2) is 58.7 Å². The lowest BCUT2D eigenvalue weighted by Gasteiger charge is -2.30. The monoisotopic (exact) mass is 382 g/mol. The van der Waals surface area contributed by atoms with Gasteiger partial charge in [-0.05, 0) is 12.1 Å². The maximum Gasteiger partial charge on any atom is 0.295 e. The first-order valence-corrected chi connectivity index (χ1v) is 9.34. The van der Waals surface area contributed by atoms with Crippen LogP contribution < -0.4 is 0 Å². The molecule has 2 aromatic rings. The van der Waals surface area contributed by atoms with Gasteiger partial charge in [0, 0.05) is 31.7 Å². The van der Waals surface area contributed by atoms with E-state index >= 15 is 0 Å². The molecule has 3 heterocycles. The molecule has 1 N–H and O–H groups in total. The Bertz CT molecular complexity index is 869. The molecule has 0 bridgehead atoms. The van der Waals surface area contributed by atoms with Crippen molar-refractivity contribution in [3.63, 3.8) is 0 Å². The largest absolute Gasteiger partial charge is 0.507 e. The van der Waals surface area contributed by atoms with E-state index < -0.39 is 17.7 Å². The number of hydrogen-bond donors (Lipinski definition) is 1. The van der Waals surface area contributed by atoms with E-state index in [1.54, 1.807) is 36.4 Å². The maximum absolute atomic E-state index is 12.8. The van der Waals surface area contributed by atoms with Crippen LogP contribution in [-0.2, 0) is 14.3 Å². The predicted octanol–water partition coefficient (Wildman–Crippen LogP) is 2.03. The van der Waals surface area contributed by atoms with Crippen molar-refractivity contribution in [2.24, 2.45) is 0 Å². The smallest absolute Gasteiger partial charge is 0.295 e. The molecule has 4 rings (SSSR count). The molecule has 0 saturated carbocycles. The van der Waals surface area contributed by atoms with Crippen LogP contribution in [0.1, 0.15) is 17.4 Å². The number of ether oxygens (including phenoxy) is 1. The lowest BCUT2D eigenvalue weighted by Crippen LogP contribution is -2.42. The molecular formula is C21H22N2O5. The van der Waals surface area contributed by atoms with Crippen LogP contribution in [-0.4, -0.2) is 66.0 Å². The Kier molecular flexibility index (Phi) is 5.27. The van der Waals surface area contributed by atoms with E-state index in [0.717, 1.165) is 13.1 Å². The highest BCUT2D eigenvalue weighted by Crippen LogP contribution is 2.39. The van der Waals surface area contributed by atoms with E-state index in [1.165, 1.54) is 11.2 Å². The number of Topliss-reactive ketones (excluding diaryl/α,β-unsaturated/α-hetero) is 1. The Labute approximate surface area is 162 Å². The van der Waals surface area contributed by atoms with Gasteiger partial charge in [0.2, 0.25) is 0 Å². The number of nitrogens with zero attached hydrogens (tertiary/aromatic N) is 2. The van der Waals surface area contributed by atoms with Crippen LogP contribution in [0.25, 0.3) is 5.76 Å². The molecule has 2 aliphatic rings. The summed E-state index contributed by atoms with van der Waals surface area (Å²) in [5.41, 5.74) is 0.554. The Morgan fingerprint density at radius 1 is 1.04 bits per heavy atom. The average molecular weight is 382 g/mol. The van der Waals surface area contributed by atoms with E-state index in [1.807, 2.05) is 6.07 Å². The number of aliphatic hydroxyl groups excluding tert-OH is 1. The number of furan rings is 1. The van der Waals surface area contributed by atoms with Gasteiger partial charge in [-0.1, -0.05) is 30.3 Å². The molecule has 7 nitrogen and oxygen atoms in total. The van der Waals surface area contributed by atoms with E-state index in [-0.39, 0.29) is 11.3 Å². The number of morpholine rings is 1. The first kappa shape index (κ1) is 18.5. The normalized spacial score (nSPS) is 22.7. The summed E-state index contributed by atoms with van der Waals surface area (Å²) in [4.78, 5) is 29.3. The first-order chi connectivity index (χ1) is 13.7. The van der Waals surface area contributed by atoms with E-state index in [0.29, 0.717) is 37.6 Å². The van der Waals surface area contributed by atoms with Gasteiger partial charge in [0.1, 0.15) is 17.6 Å². The second-order valence-corrected chi connectivity index (χ2v) is 6.83. The molecule has 1 amide bonds. The van der Waals surface area contributed by atoms with Crippen LogP contribution in [0.4, 0.5) is 0 Å². The molecule has 7 heteroatoms. The third-order valence-corrected chi connectivity index (χ3v) is 5.16. The summed E-state index contributed by atoms with van der Waals surface area (Å²) >= 11 is 0. The number of ketones is 1. The predicted molar refractivity (Wildman–Crippen MR) is 101 cm³/mol.